The van der Waals surface area contributed by atoms with E-state index in [9.17, 15) is 18.3 Å². The normalized spacial score (nSPS) is 9.67. The number of aryl methyl sites for hydroxylation is 1. The van der Waals surface area contributed by atoms with Crippen LogP contribution in [-0.4, -0.2) is 24.7 Å². The zero-order chi connectivity index (χ0) is 11.4. The number of hydrogen-bond donors (Lipinski definition) is 1. The van der Waals surface area contributed by atoms with Crippen LogP contribution in [0.4, 0.5) is 0 Å². The van der Waals surface area contributed by atoms with Gasteiger partial charge in [-0.25, -0.2) is 0 Å². The van der Waals surface area contributed by atoms with Crippen LogP contribution in [0.25, 0.3) is 0 Å². The first-order valence-electron chi connectivity index (χ1n) is 4.25. The van der Waals surface area contributed by atoms with Crippen LogP contribution in [0.15, 0.2) is 18.2 Å². The number of phenols is 1. The summed E-state index contributed by atoms with van der Waals surface area (Å²) in [5.41, 5.74) is 0.982. The van der Waals surface area contributed by atoms with E-state index in [2.05, 4.69) is 0 Å². The molecule has 0 aliphatic rings. The van der Waals surface area contributed by atoms with Crippen molar-refractivity contribution in [3.05, 3.63) is 29.3 Å². The van der Waals surface area contributed by atoms with E-state index in [0.717, 1.165) is 5.37 Å². The molecular formula is C10H10O4S. The molecule has 0 aromatic heterocycles. The van der Waals surface area contributed by atoms with E-state index in [0.29, 0.717) is 11.1 Å². The molecule has 0 aliphatic carbocycles. The molecule has 0 aliphatic heterocycles. The number of phenolic OH excluding ortho intramolecular Hbond substituents is 1. The molecule has 0 amide bonds. The number of aromatic hydroxyl groups is 1. The van der Waals surface area contributed by atoms with Gasteiger partial charge in [0.25, 0.3) is 0 Å². The summed E-state index contributed by atoms with van der Waals surface area (Å²) in [5, 5.41) is 10.1. The largest absolute Gasteiger partial charge is 0.508 e. The molecular weight excluding hydrogens is 216 g/mol. The summed E-state index contributed by atoms with van der Waals surface area (Å²) in [6, 6.07) is 4.40. The van der Waals surface area contributed by atoms with E-state index >= 15 is 0 Å². The second-order valence-electron chi connectivity index (χ2n) is 3.06. The molecule has 5 heteroatoms. The molecule has 0 unspecified atom stereocenters. The smallest absolute Gasteiger partial charge is 0.210 e. The van der Waals surface area contributed by atoms with Gasteiger partial charge in [-0.15, -0.1) is 0 Å². The summed E-state index contributed by atoms with van der Waals surface area (Å²) >= 11 is 0. The van der Waals surface area contributed by atoms with Crippen LogP contribution in [0.1, 0.15) is 22.3 Å². The van der Waals surface area contributed by atoms with Gasteiger partial charge in [0.2, 0.25) is 10.3 Å². The third kappa shape index (κ3) is 3.21. The molecule has 1 aromatic carbocycles. The Hall–Kier alpha value is -1.62. The molecule has 1 N–H and O–H groups in total. The Morgan fingerprint density at radius 2 is 2.13 bits per heavy atom. The Morgan fingerprint density at radius 1 is 1.47 bits per heavy atom. The van der Waals surface area contributed by atoms with Crippen LogP contribution < -0.4 is 0 Å². The Labute approximate surface area is 88.7 Å². The fourth-order valence-corrected chi connectivity index (χ4v) is 1.38. The summed E-state index contributed by atoms with van der Waals surface area (Å²) in [6.07, 6.45) is -0.152. The van der Waals surface area contributed by atoms with Gasteiger partial charge < -0.3 is 5.11 Å². The summed E-state index contributed by atoms with van der Waals surface area (Å²) in [6.45, 7) is 1.67. The third-order valence-electron chi connectivity index (χ3n) is 1.92. The zero-order valence-corrected chi connectivity index (χ0v) is 8.91. The summed E-state index contributed by atoms with van der Waals surface area (Å²) < 4.78 is 20.4. The van der Waals surface area contributed by atoms with Gasteiger partial charge >= 0.3 is 0 Å². The minimum Gasteiger partial charge on any atom is -0.508 e. The van der Waals surface area contributed by atoms with Gasteiger partial charge in [-0.3, -0.25) is 4.79 Å². The van der Waals surface area contributed by atoms with Crippen LogP contribution in [0.2, 0.25) is 0 Å². The van der Waals surface area contributed by atoms with Crippen molar-refractivity contribution in [2.75, 3.05) is 0 Å². The fraction of sp³-hybridized carbons (Fsp3) is 0.200. The van der Waals surface area contributed by atoms with Crippen molar-refractivity contribution in [3.63, 3.8) is 0 Å². The first kappa shape index (κ1) is 11.5. The third-order valence-corrected chi connectivity index (χ3v) is 2.36. The van der Waals surface area contributed by atoms with E-state index in [1.807, 2.05) is 0 Å². The van der Waals surface area contributed by atoms with E-state index < -0.39 is 10.3 Å². The Balaban J connectivity index is 2.92. The van der Waals surface area contributed by atoms with Crippen molar-refractivity contribution in [3.8, 4) is 5.75 Å². The van der Waals surface area contributed by atoms with Crippen molar-refractivity contribution in [2.24, 2.45) is 0 Å². The average molecular weight is 226 g/mol. The van der Waals surface area contributed by atoms with Crippen molar-refractivity contribution >= 4 is 21.4 Å². The van der Waals surface area contributed by atoms with Gasteiger partial charge in [0.15, 0.2) is 5.78 Å². The lowest BCUT2D eigenvalue weighted by Crippen LogP contribution is -2.00. The number of Topliss-reactive ketones (excluding diaryl/α,β-unsaturated/α-hetero) is 1. The predicted molar refractivity (Wildman–Crippen MR) is 56.8 cm³/mol. The summed E-state index contributed by atoms with van der Waals surface area (Å²) in [5.74, 6) is -0.176. The van der Waals surface area contributed by atoms with Crippen molar-refractivity contribution < 1.29 is 18.3 Å². The maximum absolute atomic E-state index is 11.4. The topological polar surface area (TPSA) is 71.4 Å². The quantitative estimate of drug-likeness (QED) is 0.615. The summed E-state index contributed by atoms with van der Waals surface area (Å²) in [4.78, 5) is 11.4. The monoisotopic (exact) mass is 226 g/mol. The van der Waals surface area contributed by atoms with Gasteiger partial charge in [0.1, 0.15) is 5.75 Å². The van der Waals surface area contributed by atoms with Gasteiger partial charge in [0.05, 0.1) is 0 Å². The Kier molecular flexibility index (Phi) is 3.62. The predicted octanol–water partition coefficient (Wildman–Crippen LogP) is 0.955. The maximum atomic E-state index is 11.4. The molecule has 1 rings (SSSR count). The number of carbonyl (C=O) groups excluding carboxylic acids is 1. The van der Waals surface area contributed by atoms with E-state index in [4.69, 9.17) is 0 Å². The molecule has 15 heavy (non-hydrogen) atoms. The van der Waals surface area contributed by atoms with E-state index in [1.54, 1.807) is 6.92 Å². The van der Waals surface area contributed by atoms with Crippen LogP contribution in [-0.2, 0) is 10.3 Å². The second-order valence-corrected chi connectivity index (χ2v) is 3.91. The molecule has 0 bridgehead atoms. The van der Waals surface area contributed by atoms with Gasteiger partial charge in [-0.05, 0) is 30.7 Å². The maximum Gasteiger partial charge on any atom is 0.210 e. The van der Waals surface area contributed by atoms with Crippen LogP contribution >= 0.6 is 0 Å². The van der Waals surface area contributed by atoms with Crippen molar-refractivity contribution in [2.45, 2.75) is 13.3 Å². The number of hydrogen-bond acceptors (Lipinski definition) is 4. The number of ketones is 1. The van der Waals surface area contributed by atoms with Crippen LogP contribution in [0, 0.1) is 6.92 Å². The van der Waals surface area contributed by atoms with Gasteiger partial charge in [-0.2, -0.15) is 8.42 Å². The molecule has 1 aromatic rings. The minimum absolute atomic E-state index is 0.114. The molecule has 0 spiro atoms. The number of rotatable bonds is 3. The van der Waals surface area contributed by atoms with Crippen molar-refractivity contribution in [1.29, 1.82) is 0 Å². The standard InChI is InChI=1S/C10H10O4S/c1-7-6-8(2-3-9(7)11)10(12)4-5-15(13)14/h2-3,5-6,11H,4H2,1H3. The zero-order valence-electron chi connectivity index (χ0n) is 8.10. The summed E-state index contributed by atoms with van der Waals surface area (Å²) in [7, 11) is -2.31. The molecule has 0 saturated heterocycles. The number of carbonyl (C=O) groups is 1. The first-order chi connectivity index (χ1) is 7.00. The number of benzene rings is 1. The van der Waals surface area contributed by atoms with Gasteiger partial charge in [0, 0.05) is 17.4 Å². The molecule has 0 fully saturated rings. The van der Waals surface area contributed by atoms with Crippen LogP contribution in [0.5, 0.6) is 5.75 Å². The van der Waals surface area contributed by atoms with Crippen molar-refractivity contribution in [1.82, 2.24) is 0 Å². The van der Waals surface area contributed by atoms with Crippen LogP contribution in [0.3, 0.4) is 0 Å². The lowest BCUT2D eigenvalue weighted by atomic mass is 10.1. The Morgan fingerprint density at radius 3 is 2.67 bits per heavy atom. The van der Waals surface area contributed by atoms with E-state index in [1.165, 1.54) is 18.2 Å². The average Bonchev–Trinajstić information content (AvgIpc) is 2.18. The molecule has 0 atom stereocenters. The molecule has 0 radical (unpaired) electrons. The molecule has 80 valence electrons. The lowest BCUT2D eigenvalue weighted by molar-refractivity contribution is 0.100. The highest BCUT2D eigenvalue weighted by Gasteiger charge is 2.06. The highest BCUT2D eigenvalue weighted by molar-refractivity contribution is 7.71. The SMILES string of the molecule is Cc1cc(C(=O)CC=S(=O)=O)ccc1O. The first-order valence-corrected chi connectivity index (χ1v) is 5.38. The lowest BCUT2D eigenvalue weighted by Gasteiger charge is -2.01. The highest BCUT2D eigenvalue weighted by Crippen LogP contribution is 2.17. The molecule has 0 heterocycles. The van der Waals surface area contributed by atoms with E-state index in [-0.39, 0.29) is 18.0 Å². The molecule has 4 nitrogen and oxygen atoms in total. The molecule has 0 saturated carbocycles. The fourth-order valence-electron chi connectivity index (χ4n) is 1.09. The minimum atomic E-state index is -2.31. The van der Waals surface area contributed by atoms with Gasteiger partial charge in [-0.1, -0.05) is 0 Å². The Bertz CT molecular complexity index is 506. The second kappa shape index (κ2) is 4.75. The highest BCUT2D eigenvalue weighted by atomic mass is 32.2.